The third-order valence-electron chi connectivity index (χ3n) is 3.33. The van der Waals surface area contributed by atoms with E-state index in [4.69, 9.17) is 0 Å². The Balaban J connectivity index is 2.63. The number of rotatable bonds is 7. The average Bonchev–Trinajstić information content (AvgIpc) is 2.92. The molecule has 20 heavy (non-hydrogen) atoms. The molecule has 6 nitrogen and oxygen atoms in total. The normalized spacial score (nSPS) is 21.4. The molecule has 1 heterocycles. The summed E-state index contributed by atoms with van der Waals surface area (Å²) in [4.78, 5) is 36.7. The van der Waals surface area contributed by atoms with Gasteiger partial charge in [0.15, 0.2) is 0 Å². The van der Waals surface area contributed by atoms with E-state index in [0.29, 0.717) is 18.8 Å². The number of likely N-dealkylation sites (tertiary alicyclic amines) is 1. The summed E-state index contributed by atoms with van der Waals surface area (Å²) in [6, 6.07) is -1.53. The number of amides is 2. The zero-order valence-electron chi connectivity index (χ0n) is 11.4. The summed E-state index contributed by atoms with van der Waals surface area (Å²) in [7, 11) is 0. The minimum atomic E-state index is -0.712. The summed E-state index contributed by atoms with van der Waals surface area (Å²) in [5, 5.41) is 5.50. The van der Waals surface area contributed by atoms with Crippen molar-refractivity contribution in [2.45, 2.75) is 37.9 Å². The number of hydrogen-bond acceptors (Lipinski definition) is 6. The molecular formula is C12H21N3O3S2. The van der Waals surface area contributed by atoms with Crippen molar-refractivity contribution < 1.29 is 14.4 Å². The van der Waals surface area contributed by atoms with E-state index in [0.717, 1.165) is 12.7 Å². The van der Waals surface area contributed by atoms with Crippen LogP contribution in [0.4, 0.5) is 0 Å². The van der Waals surface area contributed by atoms with Crippen LogP contribution in [-0.2, 0) is 14.4 Å². The largest absolute Gasteiger partial charge is 0.342 e. The molecule has 2 N–H and O–H groups in total. The summed E-state index contributed by atoms with van der Waals surface area (Å²) in [6.07, 6.45) is 2.27. The highest BCUT2D eigenvalue weighted by atomic mass is 32.1. The second kappa shape index (κ2) is 8.53. The number of thiol groups is 2. The Labute approximate surface area is 129 Å². The highest BCUT2D eigenvalue weighted by Crippen LogP contribution is 2.16. The first kappa shape index (κ1) is 17.3. The van der Waals surface area contributed by atoms with Crippen LogP contribution in [-0.4, -0.2) is 59.3 Å². The van der Waals surface area contributed by atoms with Crippen molar-refractivity contribution in [3.63, 3.8) is 0 Å². The van der Waals surface area contributed by atoms with Crippen molar-refractivity contribution in [3.05, 3.63) is 0 Å². The van der Waals surface area contributed by atoms with E-state index in [2.05, 4.69) is 35.9 Å². The Hall–Kier alpha value is -0.730. The molecule has 0 aromatic heterocycles. The Morgan fingerprint density at radius 2 is 2.15 bits per heavy atom. The van der Waals surface area contributed by atoms with E-state index >= 15 is 0 Å². The Kier molecular flexibility index (Phi) is 7.39. The average molecular weight is 319 g/mol. The fourth-order valence-corrected chi connectivity index (χ4v) is 2.64. The van der Waals surface area contributed by atoms with Crippen molar-refractivity contribution in [3.8, 4) is 0 Å². The summed E-state index contributed by atoms with van der Waals surface area (Å²) >= 11 is 8.10. The van der Waals surface area contributed by atoms with Crippen molar-refractivity contribution in [1.29, 1.82) is 0 Å². The minimum Gasteiger partial charge on any atom is -0.342 e. The number of hydrogen-bond donors (Lipinski definition) is 4. The van der Waals surface area contributed by atoms with E-state index in [1.165, 1.54) is 4.90 Å². The van der Waals surface area contributed by atoms with Crippen LogP contribution >= 0.6 is 25.3 Å². The van der Waals surface area contributed by atoms with Gasteiger partial charge < -0.3 is 15.0 Å². The monoisotopic (exact) mass is 319 g/mol. The molecule has 1 fully saturated rings. The SMILES string of the molecule is CC(NCS)C(=O)NC(CS)C(=O)N1CCCC1C=O. The Morgan fingerprint density at radius 3 is 2.70 bits per heavy atom. The van der Waals surface area contributed by atoms with Crippen LogP contribution in [0, 0.1) is 0 Å². The van der Waals surface area contributed by atoms with Gasteiger partial charge in [0.25, 0.3) is 0 Å². The van der Waals surface area contributed by atoms with E-state index in [1.54, 1.807) is 6.92 Å². The first-order valence-corrected chi connectivity index (χ1v) is 7.82. The molecule has 1 aliphatic rings. The predicted molar refractivity (Wildman–Crippen MR) is 83.0 cm³/mol. The van der Waals surface area contributed by atoms with Crippen LogP contribution < -0.4 is 10.6 Å². The summed E-state index contributed by atoms with van der Waals surface area (Å²) in [6.45, 7) is 2.24. The van der Waals surface area contributed by atoms with Gasteiger partial charge in [-0.05, 0) is 19.8 Å². The fourth-order valence-electron chi connectivity index (χ4n) is 2.12. The van der Waals surface area contributed by atoms with Crippen LogP contribution in [0.3, 0.4) is 0 Å². The molecule has 3 unspecified atom stereocenters. The van der Waals surface area contributed by atoms with Gasteiger partial charge >= 0.3 is 0 Å². The number of carbonyl (C=O) groups excluding carboxylic acids is 3. The van der Waals surface area contributed by atoms with E-state index < -0.39 is 12.1 Å². The van der Waals surface area contributed by atoms with Crippen LogP contribution in [0.5, 0.6) is 0 Å². The highest BCUT2D eigenvalue weighted by molar-refractivity contribution is 7.80. The molecule has 0 aromatic carbocycles. The van der Waals surface area contributed by atoms with Gasteiger partial charge in [-0.3, -0.25) is 14.9 Å². The van der Waals surface area contributed by atoms with Crippen LogP contribution in [0.1, 0.15) is 19.8 Å². The molecule has 0 radical (unpaired) electrons. The maximum atomic E-state index is 12.3. The van der Waals surface area contributed by atoms with Gasteiger partial charge in [-0.25, -0.2) is 0 Å². The third-order valence-corrected chi connectivity index (χ3v) is 3.88. The van der Waals surface area contributed by atoms with Crippen molar-refractivity contribution in [2.24, 2.45) is 0 Å². The standard InChI is InChI=1S/C12H21N3O3S2/c1-8(13-7-20)11(17)14-10(6-19)12(18)15-4-2-3-9(15)5-16/h5,8-10,13,19-20H,2-4,6-7H2,1H3,(H,14,17). The van der Waals surface area contributed by atoms with Crippen LogP contribution in [0.25, 0.3) is 0 Å². The van der Waals surface area contributed by atoms with Gasteiger partial charge in [0.2, 0.25) is 11.8 Å². The summed E-state index contributed by atoms with van der Waals surface area (Å²) in [5.74, 6) is 0.0301. The third kappa shape index (κ3) is 4.39. The lowest BCUT2D eigenvalue weighted by molar-refractivity contribution is -0.138. The maximum Gasteiger partial charge on any atom is 0.246 e. The molecule has 3 atom stereocenters. The van der Waals surface area contributed by atoms with Gasteiger partial charge in [-0.2, -0.15) is 25.3 Å². The zero-order chi connectivity index (χ0) is 15.1. The predicted octanol–water partition coefficient (Wildman–Crippen LogP) is -0.544. The number of carbonyl (C=O) groups is 3. The second-order valence-electron chi connectivity index (χ2n) is 4.70. The Bertz CT molecular complexity index is 368. The van der Waals surface area contributed by atoms with E-state index in [9.17, 15) is 14.4 Å². The molecule has 2 amide bonds. The molecule has 1 aliphatic heterocycles. The molecule has 0 saturated carbocycles. The highest BCUT2D eigenvalue weighted by Gasteiger charge is 2.33. The van der Waals surface area contributed by atoms with Crippen molar-refractivity contribution in [2.75, 3.05) is 18.2 Å². The van der Waals surface area contributed by atoms with E-state index in [1.807, 2.05) is 0 Å². The molecule has 0 spiro atoms. The summed E-state index contributed by atoms with van der Waals surface area (Å²) in [5.41, 5.74) is 0. The van der Waals surface area contributed by atoms with Gasteiger partial charge in [-0.1, -0.05) is 0 Å². The molecule has 0 aliphatic carbocycles. The second-order valence-corrected chi connectivity index (χ2v) is 5.39. The molecule has 1 saturated heterocycles. The van der Waals surface area contributed by atoms with Gasteiger partial charge in [0.1, 0.15) is 12.3 Å². The number of nitrogens with one attached hydrogen (secondary N) is 2. The number of aldehydes is 1. The lowest BCUT2D eigenvalue weighted by atomic mass is 10.2. The Morgan fingerprint density at radius 1 is 1.45 bits per heavy atom. The molecule has 1 rings (SSSR count). The smallest absolute Gasteiger partial charge is 0.246 e. The quantitative estimate of drug-likeness (QED) is 0.289. The first-order valence-electron chi connectivity index (χ1n) is 6.56. The maximum absolute atomic E-state index is 12.3. The van der Waals surface area contributed by atoms with Crippen molar-refractivity contribution >= 4 is 43.4 Å². The molecular weight excluding hydrogens is 298 g/mol. The lowest BCUT2D eigenvalue weighted by Gasteiger charge is -2.26. The van der Waals surface area contributed by atoms with Gasteiger partial charge in [0.05, 0.1) is 12.1 Å². The lowest BCUT2D eigenvalue weighted by Crippen LogP contribution is -2.54. The van der Waals surface area contributed by atoms with Crippen LogP contribution in [0.15, 0.2) is 0 Å². The summed E-state index contributed by atoms with van der Waals surface area (Å²) < 4.78 is 0. The zero-order valence-corrected chi connectivity index (χ0v) is 13.2. The molecule has 114 valence electrons. The van der Waals surface area contributed by atoms with Gasteiger partial charge in [0, 0.05) is 18.2 Å². The topological polar surface area (TPSA) is 78.5 Å². The van der Waals surface area contributed by atoms with Gasteiger partial charge in [-0.15, -0.1) is 0 Å². The molecule has 8 heteroatoms. The van der Waals surface area contributed by atoms with E-state index in [-0.39, 0.29) is 23.6 Å². The van der Waals surface area contributed by atoms with Crippen LogP contribution in [0.2, 0.25) is 0 Å². The minimum absolute atomic E-state index is 0.195. The molecule has 0 aromatic rings. The van der Waals surface area contributed by atoms with Crippen molar-refractivity contribution in [1.82, 2.24) is 15.5 Å². The fraction of sp³-hybridized carbons (Fsp3) is 0.750. The molecule has 0 bridgehead atoms. The first-order chi connectivity index (χ1) is 9.54. The number of nitrogens with zero attached hydrogens (tertiary/aromatic N) is 1.